The van der Waals surface area contributed by atoms with Crippen LogP contribution in [0.5, 0.6) is 0 Å². The molecule has 1 aromatic carbocycles. The fourth-order valence-electron chi connectivity index (χ4n) is 4.53. The molecule has 7 heteroatoms. The molecule has 1 aromatic heterocycles. The van der Waals surface area contributed by atoms with Gasteiger partial charge in [-0.15, -0.1) is 0 Å². The van der Waals surface area contributed by atoms with Crippen molar-refractivity contribution in [2.75, 3.05) is 52.4 Å². The van der Waals surface area contributed by atoms with Crippen LogP contribution in [0.4, 0.5) is 0 Å². The fraction of sp³-hybridized carbons (Fsp3) is 0.571. The van der Waals surface area contributed by atoms with Crippen molar-refractivity contribution in [3.05, 3.63) is 35.5 Å². The molecule has 1 atom stereocenters. The zero-order valence-electron chi connectivity index (χ0n) is 16.3. The number of rotatable bonds is 7. The third-order valence-electron chi connectivity index (χ3n) is 6.19. The highest BCUT2D eigenvalue weighted by molar-refractivity contribution is 5.89. The van der Waals surface area contributed by atoms with Crippen molar-refractivity contribution in [1.29, 1.82) is 0 Å². The number of aromatic amines is 1. The van der Waals surface area contributed by atoms with Crippen LogP contribution in [0.3, 0.4) is 0 Å². The van der Waals surface area contributed by atoms with Gasteiger partial charge in [0.05, 0.1) is 6.61 Å². The molecule has 152 valence electrons. The van der Waals surface area contributed by atoms with Gasteiger partial charge in [-0.2, -0.15) is 0 Å². The number of nitrogens with zero attached hydrogens (tertiary/aromatic N) is 3. The van der Waals surface area contributed by atoms with Gasteiger partial charge in [0.2, 0.25) is 0 Å². The quantitative estimate of drug-likeness (QED) is 0.669. The number of hydrogen-bond donors (Lipinski definition) is 3. The summed E-state index contributed by atoms with van der Waals surface area (Å²) in [7, 11) is 0. The van der Waals surface area contributed by atoms with E-state index in [1.807, 2.05) is 24.4 Å². The van der Waals surface area contributed by atoms with E-state index >= 15 is 0 Å². The summed E-state index contributed by atoms with van der Waals surface area (Å²) in [4.78, 5) is 22.4. The van der Waals surface area contributed by atoms with Gasteiger partial charge < -0.3 is 20.1 Å². The maximum Gasteiger partial charge on any atom is 0.325 e. The number of aromatic nitrogens is 1. The first-order chi connectivity index (χ1) is 13.7. The van der Waals surface area contributed by atoms with Crippen LogP contribution in [-0.4, -0.2) is 88.2 Å². The minimum Gasteiger partial charge on any atom is -0.480 e. The Bertz CT molecular complexity index is 807. The van der Waals surface area contributed by atoms with Crippen molar-refractivity contribution >= 4 is 16.9 Å². The number of nitrogens with one attached hydrogen (secondary N) is 1. The maximum atomic E-state index is 12.2. The zero-order chi connectivity index (χ0) is 19.5. The lowest BCUT2D eigenvalue weighted by atomic mass is 10.0. The molecule has 0 aliphatic carbocycles. The Balaban J connectivity index is 1.44. The molecule has 3 heterocycles. The number of likely N-dealkylation sites (tertiary alicyclic amines) is 1. The summed E-state index contributed by atoms with van der Waals surface area (Å²) in [6.07, 6.45) is 4.44. The Morgan fingerprint density at radius 2 is 1.71 bits per heavy atom. The van der Waals surface area contributed by atoms with Crippen LogP contribution in [0.25, 0.3) is 10.9 Å². The van der Waals surface area contributed by atoms with Crippen molar-refractivity contribution in [1.82, 2.24) is 19.7 Å². The molecule has 2 aromatic rings. The number of hydrogen-bond acceptors (Lipinski definition) is 5. The fourth-order valence-corrected chi connectivity index (χ4v) is 4.53. The minimum atomic E-state index is -0.819. The van der Waals surface area contributed by atoms with E-state index in [1.165, 1.54) is 25.9 Å². The first kappa shape index (κ1) is 19.4. The van der Waals surface area contributed by atoms with E-state index in [1.54, 1.807) is 0 Å². The van der Waals surface area contributed by atoms with Gasteiger partial charge in [0.1, 0.15) is 6.04 Å². The van der Waals surface area contributed by atoms with Crippen LogP contribution in [0.15, 0.2) is 24.4 Å². The van der Waals surface area contributed by atoms with Gasteiger partial charge >= 0.3 is 5.97 Å². The molecule has 0 bridgehead atoms. The molecule has 0 spiro atoms. The van der Waals surface area contributed by atoms with Crippen molar-refractivity contribution in [2.24, 2.45) is 0 Å². The number of carboxylic acid groups (broad SMARTS) is 1. The number of H-pyrrole nitrogens is 1. The van der Waals surface area contributed by atoms with Gasteiger partial charge in [-0.25, -0.2) is 0 Å². The number of carboxylic acids is 1. The first-order valence-corrected chi connectivity index (χ1v) is 10.3. The monoisotopic (exact) mass is 386 g/mol. The van der Waals surface area contributed by atoms with Crippen molar-refractivity contribution < 1.29 is 15.0 Å². The first-order valence-electron chi connectivity index (χ1n) is 10.3. The number of carbonyl (C=O) groups is 1. The summed E-state index contributed by atoms with van der Waals surface area (Å²) in [5, 5.41) is 20.3. The molecule has 7 nitrogen and oxygen atoms in total. The van der Waals surface area contributed by atoms with Crippen LogP contribution < -0.4 is 0 Å². The maximum absolute atomic E-state index is 12.2. The van der Waals surface area contributed by atoms with E-state index in [0.717, 1.165) is 61.3 Å². The number of benzene rings is 1. The van der Waals surface area contributed by atoms with Gasteiger partial charge in [-0.1, -0.05) is 6.07 Å². The number of fused-ring (bicyclic) bond motifs is 1. The molecule has 2 saturated heterocycles. The lowest BCUT2D eigenvalue weighted by molar-refractivity contribution is -0.144. The minimum absolute atomic E-state index is 0.0476. The van der Waals surface area contributed by atoms with Crippen LogP contribution in [-0.2, 0) is 11.4 Å². The molecule has 4 rings (SSSR count). The Morgan fingerprint density at radius 3 is 2.36 bits per heavy atom. The Kier molecular flexibility index (Phi) is 5.96. The van der Waals surface area contributed by atoms with Gasteiger partial charge in [0.25, 0.3) is 0 Å². The predicted octanol–water partition coefficient (Wildman–Crippen LogP) is 1.50. The van der Waals surface area contributed by atoms with Crippen molar-refractivity contribution in [2.45, 2.75) is 25.5 Å². The van der Waals surface area contributed by atoms with Crippen LogP contribution in [0.2, 0.25) is 0 Å². The Hall–Kier alpha value is -1.93. The second kappa shape index (κ2) is 8.61. The molecule has 3 N–H and O–H groups in total. The molecule has 28 heavy (non-hydrogen) atoms. The molecular weight excluding hydrogens is 356 g/mol. The van der Waals surface area contributed by atoms with E-state index in [-0.39, 0.29) is 6.61 Å². The summed E-state index contributed by atoms with van der Waals surface area (Å²) in [5.41, 5.74) is 2.48. The van der Waals surface area contributed by atoms with Crippen molar-refractivity contribution in [3.63, 3.8) is 0 Å². The third kappa shape index (κ3) is 4.07. The molecule has 0 saturated carbocycles. The highest BCUT2D eigenvalue weighted by atomic mass is 16.4. The van der Waals surface area contributed by atoms with Crippen LogP contribution >= 0.6 is 0 Å². The highest BCUT2D eigenvalue weighted by Gasteiger charge is 2.32. The summed E-state index contributed by atoms with van der Waals surface area (Å²) in [6, 6.07) is 4.99. The predicted molar refractivity (Wildman–Crippen MR) is 108 cm³/mol. The third-order valence-corrected chi connectivity index (χ3v) is 6.19. The van der Waals surface area contributed by atoms with Gasteiger partial charge in [-0.05, 0) is 43.6 Å². The highest BCUT2D eigenvalue weighted by Crippen LogP contribution is 2.30. The molecule has 0 radical (unpaired) electrons. The molecule has 0 unspecified atom stereocenters. The van der Waals surface area contributed by atoms with Crippen LogP contribution in [0, 0.1) is 0 Å². The zero-order valence-corrected chi connectivity index (χ0v) is 16.3. The average Bonchev–Trinajstić information content (AvgIpc) is 3.37. The number of piperazine rings is 1. The normalized spacial score (nSPS) is 20.8. The summed E-state index contributed by atoms with van der Waals surface area (Å²) in [5.74, 6) is -0.819. The lowest BCUT2D eigenvalue weighted by Gasteiger charge is -2.38. The second-order valence-corrected chi connectivity index (χ2v) is 7.95. The van der Waals surface area contributed by atoms with E-state index in [0.29, 0.717) is 0 Å². The number of aliphatic hydroxyl groups excluding tert-OH is 1. The van der Waals surface area contributed by atoms with E-state index in [2.05, 4.69) is 19.7 Å². The van der Waals surface area contributed by atoms with Gasteiger partial charge in [0.15, 0.2) is 0 Å². The average molecular weight is 386 g/mol. The lowest BCUT2D eigenvalue weighted by Crippen LogP contribution is -2.50. The smallest absolute Gasteiger partial charge is 0.325 e. The SMILES string of the molecule is O=C(O)[C@@H](c1c[nH]c2ccc(CO)cc12)N1CCN(CCN2CCCC2)CC1. The summed E-state index contributed by atoms with van der Waals surface area (Å²) in [6.45, 7) is 7.90. The number of aliphatic hydroxyl groups is 1. The second-order valence-electron chi connectivity index (χ2n) is 7.95. The Morgan fingerprint density at radius 1 is 1.04 bits per heavy atom. The molecule has 0 amide bonds. The molecular formula is C21H30N4O3. The molecule has 2 aliphatic rings. The molecule has 2 aliphatic heterocycles. The largest absolute Gasteiger partial charge is 0.480 e. The van der Waals surface area contributed by atoms with Gasteiger partial charge in [-0.3, -0.25) is 14.6 Å². The van der Waals surface area contributed by atoms with E-state index in [4.69, 9.17) is 0 Å². The van der Waals surface area contributed by atoms with Gasteiger partial charge in [0, 0.05) is 61.9 Å². The topological polar surface area (TPSA) is 83.0 Å². The van der Waals surface area contributed by atoms with Crippen molar-refractivity contribution in [3.8, 4) is 0 Å². The van der Waals surface area contributed by atoms with E-state index in [9.17, 15) is 15.0 Å². The Labute approximate surface area is 165 Å². The van der Waals surface area contributed by atoms with E-state index < -0.39 is 12.0 Å². The van der Waals surface area contributed by atoms with Crippen LogP contribution in [0.1, 0.15) is 30.0 Å². The summed E-state index contributed by atoms with van der Waals surface area (Å²) < 4.78 is 0. The standard InChI is InChI=1S/C21H30N4O3/c26-15-16-3-4-19-17(13-16)18(14-22-19)20(21(27)28)25-11-9-24(10-12-25)8-7-23-5-1-2-6-23/h3-4,13-14,20,22,26H,1-2,5-12,15H2,(H,27,28)/t20-/m1/s1. The molecule has 2 fully saturated rings. The number of aliphatic carboxylic acids is 1. The summed E-state index contributed by atoms with van der Waals surface area (Å²) >= 11 is 0.